The van der Waals surface area contributed by atoms with Crippen molar-refractivity contribution in [2.75, 3.05) is 25.6 Å². The van der Waals surface area contributed by atoms with Crippen LogP contribution in [0.2, 0.25) is 0 Å². The van der Waals surface area contributed by atoms with E-state index in [1.54, 1.807) is 7.11 Å². The van der Waals surface area contributed by atoms with E-state index in [2.05, 4.69) is 41.3 Å². The summed E-state index contributed by atoms with van der Waals surface area (Å²) < 4.78 is 5.21. The number of nitrogens with zero attached hydrogens (tertiary/aromatic N) is 2. The van der Waals surface area contributed by atoms with Crippen LogP contribution in [0.1, 0.15) is 18.9 Å². The third-order valence-corrected chi connectivity index (χ3v) is 3.44. The van der Waals surface area contributed by atoms with Crippen LogP contribution < -0.4 is 15.0 Å². The molecule has 0 spiro atoms. The number of ether oxygens (including phenoxy) is 1. The second-order valence-corrected chi connectivity index (χ2v) is 4.94. The Bertz CT molecular complexity index is 554. The number of nitrogens with one attached hydrogen (secondary N) is 1. The van der Waals surface area contributed by atoms with Crippen LogP contribution in [0.4, 0.5) is 11.4 Å². The summed E-state index contributed by atoms with van der Waals surface area (Å²) in [5.74, 6) is 0.867. The van der Waals surface area contributed by atoms with Crippen molar-refractivity contribution in [3.8, 4) is 5.75 Å². The van der Waals surface area contributed by atoms with E-state index in [1.165, 1.54) is 11.3 Å². The Morgan fingerprint density at radius 1 is 1.19 bits per heavy atom. The molecule has 0 aliphatic carbocycles. The van der Waals surface area contributed by atoms with E-state index < -0.39 is 0 Å². The second-order valence-electron chi connectivity index (χ2n) is 4.94. The van der Waals surface area contributed by atoms with Gasteiger partial charge in [-0.1, -0.05) is 6.92 Å². The number of hydrogen-bond donors (Lipinski definition) is 1. The molecule has 2 aromatic rings. The van der Waals surface area contributed by atoms with E-state index >= 15 is 0 Å². The lowest BCUT2D eigenvalue weighted by Crippen LogP contribution is -2.18. The summed E-state index contributed by atoms with van der Waals surface area (Å²) in [6, 6.07) is 10.1. The van der Waals surface area contributed by atoms with Gasteiger partial charge in [-0.2, -0.15) is 0 Å². The summed E-state index contributed by atoms with van der Waals surface area (Å²) in [7, 11) is 3.75. The third-order valence-electron chi connectivity index (χ3n) is 3.44. The first-order valence-corrected chi connectivity index (χ1v) is 7.27. The van der Waals surface area contributed by atoms with Gasteiger partial charge in [0.2, 0.25) is 0 Å². The van der Waals surface area contributed by atoms with E-state index in [0.29, 0.717) is 0 Å². The van der Waals surface area contributed by atoms with Gasteiger partial charge in [0.1, 0.15) is 5.75 Å². The topological polar surface area (TPSA) is 37.4 Å². The molecule has 0 saturated heterocycles. The molecule has 0 unspecified atom stereocenters. The van der Waals surface area contributed by atoms with Crippen molar-refractivity contribution in [2.24, 2.45) is 0 Å². The number of hydrogen-bond acceptors (Lipinski definition) is 4. The number of pyridine rings is 1. The first kappa shape index (κ1) is 15.3. The Morgan fingerprint density at radius 3 is 2.62 bits per heavy atom. The normalized spacial score (nSPS) is 10.4. The number of methoxy groups -OCH3 is 1. The van der Waals surface area contributed by atoms with Gasteiger partial charge in [-0.25, -0.2) is 0 Å². The molecule has 0 radical (unpaired) electrons. The van der Waals surface area contributed by atoms with Crippen LogP contribution in [0.25, 0.3) is 0 Å². The summed E-state index contributed by atoms with van der Waals surface area (Å²) in [6.07, 6.45) is 4.89. The highest BCUT2D eigenvalue weighted by Gasteiger charge is 2.09. The fraction of sp³-hybridized carbons (Fsp3) is 0.353. The van der Waals surface area contributed by atoms with Crippen molar-refractivity contribution in [3.63, 3.8) is 0 Å². The average molecular weight is 285 g/mol. The maximum Gasteiger partial charge on any atom is 0.119 e. The van der Waals surface area contributed by atoms with Gasteiger partial charge in [0, 0.05) is 42.9 Å². The summed E-state index contributed by atoms with van der Waals surface area (Å²) in [4.78, 5) is 6.41. The maximum absolute atomic E-state index is 5.21. The van der Waals surface area contributed by atoms with Crippen LogP contribution in [-0.2, 0) is 6.54 Å². The van der Waals surface area contributed by atoms with Gasteiger partial charge >= 0.3 is 0 Å². The van der Waals surface area contributed by atoms with Crippen molar-refractivity contribution in [1.82, 2.24) is 10.3 Å². The lowest BCUT2D eigenvalue weighted by Gasteiger charge is -2.22. The van der Waals surface area contributed by atoms with Crippen LogP contribution in [0.3, 0.4) is 0 Å². The van der Waals surface area contributed by atoms with E-state index in [9.17, 15) is 0 Å². The molecule has 0 atom stereocenters. The van der Waals surface area contributed by atoms with E-state index in [4.69, 9.17) is 4.74 Å². The summed E-state index contributed by atoms with van der Waals surface area (Å²) in [6.45, 7) is 4.01. The Labute approximate surface area is 126 Å². The zero-order valence-corrected chi connectivity index (χ0v) is 13.0. The van der Waals surface area contributed by atoms with Crippen molar-refractivity contribution in [3.05, 3.63) is 48.3 Å². The van der Waals surface area contributed by atoms with Gasteiger partial charge in [-0.05, 0) is 43.3 Å². The van der Waals surface area contributed by atoms with Crippen LogP contribution in [0, 0.1) is 0 Å². The Kier molecular flexibility index (Phi) is 5.58. The van der Waals surface area contributed by atoms with Gasteiger partial charge in [0.15, 0.2) is 0 Å². The van der Waals surface area contributed by atoms with Gasteiger partial charge in [0.05, 0.1) is 7.11 Å². The minimum atomic E-state index is 0.831. The molecule has 1 aromatic heterocycles. The molecule has 0 aliphatic heterocycles. The molecule has 4 heteroatoms. The summed E-state index contributed by atoms with van der Waals surface area (Å²) >= 11 is 0. The number of rotatable bonds is 7. The van der Waals surface area contributed by atoms with Crippen LogP contribution >= 0.6 is 0 Å². The van der Waals surface area contributed by atoms with Gasteiger partial charge < -0.3 is 15.0 Å². The highest BCUT2D eigenvalue weighted by atomic mass is 16.5. The first-order valence-electron chi connectivity index (χ1n) is 7.27. The summed E-state index contributed by atoms with van der Waals surface area (Å²) in [5, 5.41) is 3.43. The molecule has 4 nitrogen and oxygen atoms in total. The Hall–Kier alpha value is -2.07. The predicted molar refractivity (Wildman–Crippen MR) is 87.3 cm³/mol. The standard InChI is InChI=1S/C17H23N3O/c1-4-10-18-12-14-13-19-11-9-17(14)20(2)15-5-7-16(21-3)8-6-15/h5-9,11,13,18H,4,10,12H2,1-3H3. The zero-order valence-electron chi connectivity index (χ0n) is 13.0. The Balaban J connectivity index is 2.19. The minimum absolute atomic E-state index is 0.831. The maximum atomic E-state index is 5.21. The predicted octanol–water partition coefficient (Wildman–Crippen LogP) is 3.36. The average Bonchev–Trinajstić information content (AvgIpc) is 2.55. The molecular weight excluding hydrogens is 262 g/mol. The quantitative estimate of drug-likeness (QED) is 0.792. The fourth-order valence-corrected chi connectivity index (χ4v) is 2.23. The molecule has 1 aromatic carbocycles. The van der Waals surface area contributed by atoms with E-state index in [1.807, 2.05) is 30.6 Å². The minimum Gasteiger partial charge on any atom is -0.497 e. The molecule has 2 rings (SSSR count). The van der Waals surface area contributed by atoms with Crippen molar-refractivity contribution in [1.29, 1.82) is 0 Å². The van der Waals surface area contributed by atoms with Gasteiger partial charge in [-0.3, -0.25) is 4.98 Å². The molecule has 21 heavy (non-hydrogen) atoms. The summed E-state index contributed by atoms with van der Waals surface area (Å²) in [5.41, 5.74) is 3.49. The smallest absolute Gasteiger partial charge is 0.119 e. The highest BCUT2D eigenvalue weighted by molar-refractivity contribution is 5.65. The third kappa shape index (κ3) is 3.95. The molecule has 1 N–H and O–H groups in total. The molecule has 0 bridgehead atoms. The molecule has 0 fully saturated rings. The van der Waals surface area contributed by atoms with Crippen LogP contribution in [0.15, 0.2) is 42.7 Å². The Morgan fingerprint density at radius 2 is 1.95 bits per heavy atom. The monoisotopic (exact) mass is 285 g/mol. The largest absolute Gasteiger partial charge is 0.497 e. The number of aromatic nitrogens is 1. The van der Waals surface area contributed by atoms with Crippen molar-refractivity contribution < 1.29 is 4.74 Å². The SMILES string of the molecule is CCCNCc1cnccc1N(C)c1ccc(OC)cc1. The van der Waals surface area contributed by atoms with Gasteiger partial charge in [0.25, 0.3) is 0 Å². The molecule has 0 saturated carbocycles. The molecular formula is C17H23N3O. The second kappa shape index (κ2) is 7.64. The zero-order chi connectivity index (χ0) is 15.1. The molecule has 0 aliphatic rings. The van der Waals surface area contributed by atoms with Crippen LogP contribution in [-0.4, -0.2) is 25.7 Å². The number of benzene rings is 1. The lowest BCUT2D eigenvalue weighted by atomic mass is 10.2. The lowest BCUT2D eigenvalue weighted by molar-refractivity contribution is 0.415. The van der Waals surface area contributed by atoms with Crippen molar-refractivity contribution >= 4 is 11.4 Å². The number of anilines is 2. The van der Waals surface area contributed by atoms with Crippen LogP contribution in [0.5, 0.6) is 5.75 Å². The van der Waals surface area contributed by atoms with E-state index in [0.717, 1.165) is 30.9 Å². The fourth-order valence-electron chi connectivity index (χ4n) is 2.23. The first-order chi connectivity index (χ1) is 10.3. The van der Waals surface area contributed by atoms with E-state index in [-0.39, 0.29) is 0 Å². The molecule has 112 valence electrons. The molecule has 1 heterocycles. The van der Waals surface area contributed by atoms with Gasteiger partial charge in [-0.15, -0.1) is 0 Å². The highest BCUT2D eigenvalue weighted by Crippen LogP contribution is 2.27. The molecule has 0 amide bonds. The van der Waals surface area contributed by atoms with Crippen molar-refractivity contribution in [2.45, 2.75) is 19.9 Å².